The van der Waals surface area contributed by atoms with Crippen LogP contribution >= 0.6 is 0 Å². The third kappa shape index (κ3) is 5.10. The van der Waals surface area contributed by atoms with Gasteiger partial charge in [0.15, 0.2) is 0 Å². The number of aliphatic imine (C=N–C) groups is 2. The van der Waals surface area contributed by atoms with E-state index in [1.165, 1.54) is 6.07 Å². The summed E-state index contributed by atoms with van der Waals surface area (Å²) in [6.45, 7) is 14.9. The van der Waals surface area contributed by atoms with Crippen molar-refractivity contribution in [1.82, 2.24) is 4.90 Å². The van der Waals surface area contributed by atoms with Crippen molar-refractivity contribution in [3.8, 4) is 0 Å². The van der Waals surface area contributed by atoms with Crippen LogP contribution in [0.5, 0.6) is 0 Å². The van der Waals surface area contributed by atoms with E-state index in [1.54, 1.807) is 26.0 Å². The van der Waals surface area contributed by atoms with Crippen LogP contribution in [0.2, 0.25) is 0 Å². The molecule has 1 atom stereocenters. The van der Waals surface area contributed by atoms with Crippen LogP contribution in [0.4, 0.5) is 13.2 Å². The van der Waals surface area contributed by atoms with Gasteiger partial charge in [-0.05, 0) is 51.5 Å². The average Bonchev–Trinajstić information content (AvgIpc) is 3.47. The van der Waals surface area contributed by atoms with Gasteiger partial charge in [0.25, 0.3) is 6.43 Å². The summed E-state index contributed by atoms with van der Waals surface area (Å²) in [6, 6.07) is 4.12. The van der Waals surface area contributed by atoms with Gasteiger partial charge in [-0.25, -0.2) is 23.2 Å². The predicted molar refractivity (Wildman–Crippen MR) is 119 cm³/mol. The van der Waals surface area contributed by atoms with Crippen molar-refractivity contribution in [1.29, 1.82) is 0 Å². The van der Waals surface area contributed by atoms with Crippen LogP contribution in [-0.2, 0) is 0 Å². The maximum Gasteiger partial charge on any atom is 0.266 e. The molecule has 0 amide bonds. The van der Waals surface area contributed by atoms with Gasteiger partial charge in [0.2, 0.25) is 0 Å². The van der Waals surface area contributed by atoms with Crippen LogP contribution in [-0.4, -0.2) is 30.0 Å². The molecule has 1 unspecified atom stereocenters. The Morgan fingerprint density at radius 2 is 1.83 bits per heavy atom. The number of alkyl halides is 2. The lowest BCUT2D eigenvalue weighted by Crippen LogP contribution is -2.26. The topological polar surface area (TPSA) is 28.0 Å². The Labute approximate surface area is 177 Å². The summed E-state index contributed by atoms with van der Waals surface area (Å²) in [7, 11) is 1.97. The number of benzene rings is 1. The van der Waals surface area contributed by atoms with Crippen LogP contribution in [0.1, 0.15) is 64.0 Å². The number of nitrogens with zero attached hydrogens (tertiary/aromatic N) is 3. The molecule has 1 aromatic carbocycles. The van der Waals surface area contributed by atoms with Crippen LogP contribution < -0.4 is 0 Å². The van der Waals surface area contributed by atoms with Crippen molar-refractivity contribution in [2.45, 2.75) is 58.4 Å². The van der Waals surface area contributed by atoms with Gasteiger partial charge in [-0.1, -0.05) is 37.8 Å². The van der Waals surface area contributed by atoms with Gasteiger partial charge < -0.3 is 4.90 Å². The largest absolute Gasteiger partial charge is 0.375 e. The molecule has 162 valence electrons. The van der Waals surface area contributed by atoms with Gasteiger partial charge in [-0.15, -0.1) is 0 Å². The Kier molecular flexibility index (Phi) is 7.45. The first-order valence-electron chi connectivity index (χ1n) is 9.92. The molecule has 1 saturated carbocycles. The minimum Gasteiger partial charge on any atom is -0.375 e. The fraction of sp³-hybridized carbons (Fsp3) is 0.417. The second-order valence-corrected chi connectivity index (χ2v) is 8.02. The number of halogens is 3. The van der Waals surface area contributed by atoms with Crippen LogP contribution in [0, 0.1) is 5.82 Å². The van der Waals surface area contributed by atoms with Gasteiger partial charge in [-0.2, -0.15) is 0 Å². The molecule has 1 fully saturated rings. The SMILES string of the molecule is C=C/C(C)=C(/N=C(/C)N=C)C(=C/N(C)C1(C)CC1)\C(C)c1cccc(C(F)F)c1F. The summed E-state index contributed by atoms with van der Waals surface area (Å²) in [5, 5.41) is 0. The summed E-state index contributed by atoms with van der Waals surface area (Å²) >= 11 is 0. The zero-order valence-electron chi connectivity index (χ0n) is 18.3. The summed E-state index contributed by atoms with van der Waals surface area (Å²) < 4.78 is 41.5. The molecule has 0 aliphatic heterocycles. The number of hydrogen-bond donors (Lipinski definition) is 0. The third-order valence-electron chi connectivity index (χ3n) is 5.84. The average molecular weight is 418 g/mol. The molecule has 1 aliphatic carbocycles. The van der Waals surface area contributed by atoms with Crippen molar-refractivity contribution in [2.24, 2.45) is 9.98 Å². The first-order chi connectivity index (χ1) is 14.1. The molecule has 0 spiro atoms. The van der Waals surface area contributed by atoms with E-state index in [0.29, 0.717) is 17.1 Å². The van der Waals surface area contributed by atoms with E-state index < -0.39 is 23.7 Å². The molecule has 3 nitrogen and oxygen atoms in total. The van der Waals surface area contributed by atoms with E-state index in [-0.39, 0.29) is 11.1 Å². The van der Waals surface area contributed by atoms with Crippen molar-refractivity contribution in [3.05, 3.63) is 70.8 Å². The minimum atomic E-state index is -2.88. The highest BCUT2D eigenvalue weighted by Gasteiger charge is 2.40. The van der Waals surface area contributed by atoms with Crippen molar-refractivity contribution in [3.63, 3.8) is 0 Å². The quantitative estimate of drug-likeness (QED) is 0.259. The summed E-state index contributed by atoms with van der Waals surface area (Å²) in [5.74, 6) is -0.963. The molecule has 1 aliphatic rings. The highest BCUT2D eigenvalue weighted by molar-refractivity contribution is 5.85. The number of allylic oxidation sites excluding steroid dienone is 3. The Morgan fingerprint density at radius 3 is 2.33 bits per heavy atom. The van der Waals surface area contributed by atoms with Crippen molar-refractivity contribution < 1.29 is 13.2 Å². The highest BCUT2D eigenvalue weighted by Crippen LogP contribution is 2.42. The van der Waals surface area contributed by atoms with E-state index >= 15 is 0 Å². The Morgan fingerprint density at radius 1 is 1.23 bits per heavy atom. The van der Waals surface area contributed by atoms with Crippen LogP contribution in [0.15, 0.2) is 63.9 Å². The summed E-state index contributed by atoms with van der Waals surface area (Å²) in [6.07, 6.45) is 2.82. The first-order valence-corrected chi connectivity index (χ1v) is 9.92. The van der Waals surface area contributed by atoms with Crippen LogP contribution in [0.25, 0.3) is 0 Å². The molecule has 0 radical (unpaired) electrons. The number of hydrogen-bond acceptors (Lipinski definition) is 2. The predicted octanol–water partition coefficient (Wildman–Crippen LogP) is 6.81. The smallest absolute Gasteiger partial charge is 0.266 e. The zero-order valence-corrected chi connectivity index (χ0v) is 18.3. The highest BCUT2D eigenvalue weighted by atomic mass is 19.3. The minimum absolute atomic E-state index is 0.0248. The maximum absolute atomic E-state index is 15.0. The molecule has 0 aromatic heterocycles. The molecule has 6 heteroatoms. The summed E-state index contributed by atoms with van der Waals surface area (Å²) in [5.41, 5.74) is 1.69. The Balaban J connectivity index is 2.70. The van der Waals surface area contributed by atoms with Gasteiger partial charge in [0, 0.05) is 30.3 Å². The monoisotopic (exact) mass is 417 g/mol. The van der Waals surface area contributed by atoms with E-state index in [4.69, 9.17) is 0 Å². The fourth-order valence-electron chi connectivity index (χ4n) is 3.19. The second kappa shape index (κ2) is 9.45. The van der Waals surface area contributed by atoms with Gasteiger partial charge in [-0.3, -0.25) is 0 Å². The maximum atomic E-state index is 15.0. The summed E-state index contributed by atoms with van der Waals surface area (Å²) in [4.78, 5) is 10.6. The molecule has 30 heavy (non-hydrogen) atoms. The van der Waals surface area contributed by atoms with Crippen molar-refractivity contribution >= 4 is 12.6 Å². The van der Waals surface area contributed by atoms with E-state index in [0.717, 1.165) is 24.5 Å². The second-order valence-electron chi connectivity index (χ2n) is 8.02. The van der Waals surface area contributed by atoms with Crippen LogP contribution in [0.3, 0.4) is 0 Å². The van der Waals surface area contributed by atoms with Gasteiger partial charge in [0.1, 0.15) is 11.7 Å². The van der Waals surface area contributed by atoms with E-state index in [2.05, 4.69) is 35.1 Å². The third-order valence-corrected chi connectivity index (χ3v) is 5.84. The van der Waals surface area contributed by atoms with E-state index in [1.807, 2.05) is 20.2 Å². The molecule has 0 bridgehead atoms. The fourth-order valence-corrected chi connectivity index (χ4v) is 3.19. The molecule has 0 heterocycles. The van der Waals surface area contributed by atoms with Gasteiger partial charge >= 0.3 is 0 Å². The standard InChI is InChI=1S/C24H30F3N3/c1-8-15(2)22(29-17(4)28-6)20(14-30(7)24(5)12-13-24)16(3)18-10-9-11-19(21(18)25)23(26)27/h8-11,14,16,23H,1,6,12-13H2,2-5,7H3/b20-14-,22-15+,29-17-. The van der Waals surface area contributed by atoms with E-state index in [9.17, 15) is 13.2 Å². The normalized spacial score (nSPS) is 18.0. The molecule has 0 saturated heterocycles. The molecular weight excluding hydrogens is 387 g/mol. The number of amidine groups is 1. The lowest BCUT2D eigenvalue weighted by Gasteiger charge is -2.27. The van der Waals surface area contributed by atoms with Crippen molar-refractivity contribution in [2.75, 3.05) is 7.05 Å². The van der Waals surface area contributed by atoms with Gasteiger partial charge in [0.05, 0.1) is 11.3 Å². The first kappa shape index (κ1) is 23.6. The molecule has 1 aromatic rings. The molecular formula is C24H30F3N3. The molecule has 0 N–H and O–H groups in total. The number of rotatable bonds is 8. The lowest BCUT2D eigenvalue weighted by molar-refractivity contribution is 0.146. The Hall–Kier alpha value is -2.63. The zero-order chi connectivity index (χ0) is 22.6. The molecule has 2 rings (SSSR count). The Bertz CT molecular complexity index is 908. The lowest BCUT2D eigenvalue weighted by atomic mass is 9.88.